The normalized spacial score (nSPS) is 10.2. The van der Waals surface area contributed by atoms with Crippen LogP contribution in [0.3, 0.4) is 0 Å². The van der Waals surface area contributed by atoms with E-state index < -0.39 is 0 Å². The Balaban J connectivity index is 1.90. The third kappa shape index (κ3) is 3.67. The van der Waals surface area contributed by atoms with Crippen molar-refractivity contribution in [2.75, 3.05) is 6.61 Å². The van der Waals surface area contributed by atoms with Crippen molar-refractivity contribution in [1.82, 2.24) is 15.0 Å². The summed E-state index contributed by atoms with van der Waals surface area (Å²) in [5.41, 5.74) is 1.77. The van der Waals surface area contributed by atoms with Gasteiger partial charge in [0.2, 0.25) is 0 Å². The minimum Gasteiger partial charge on any atom is -0.463 e. The predicted octanol–water partition coefficient (Wildman–Crippen LogP) is 2.45. The van der Waals surface area contributed by atoms with Gasteiger partial charge in [0.25, 0.3) is 0 Å². The lowest BCUT2D eigenvalue weighted by Crippen LogP contribution is -2.05. The number of halogens is 1. The van der Waals surface area contributed by atoms with Crippen molar-refractivity contribution in [3.63, 3.8) is 0 Å². The lowest BCUT2D eigenvalue weighted by atomic mass is 10.3. The molecule has 0 atom stereocenters. The van der Waals surface area contributed by atoms with Gasteiger partial charge in [-0.1, -0.05) is 17.7 Å². The van der Waals surface area contributed by atoms with Gasteiger partial charge in [-0.2, -0.15) is 4.98 Å². The summed E-state index contributed by atoms with van der Waals surface area (Å²) in [6, 6.07) is 7.78. The Bertz CT molecular complexity index is 470. The number of hydrogen-bond donors (Lipinski definition) is 0. The molecule has 2 aromatic rings. The van der Waals surface area contributed by atoms with E-state index in [0.29, 0.717) is 17.8 Å². The average Bonchev–Trinajstić information content (AvgIpc) is 2.29. The van der Waals surface area contributed by atoms with Gasteiger partial charge in [-0.25, -0.2) is 4.98 Å². The number of aromatic nitrogens is 3. The first kappa shape index (κ1) is 11.8. The molecule has 0 amide bonds. The largest absolute Gasteiger partial charge is 0.463 e. The van der Waals surface area contributed by atoms with Gasteiger partial charge in [-0.15, -0.1) is 0 Å². The molecule has 4 nitrogen and oxygen atoms in total. The minimum absolute atomic E-state index is 0.311. The summed E-state index contributed by atoms with van der Waals surface area (Å²) in [5.74, 6) is 0. The molecule has 17 heavy (non-hydrogen) atoms. The molecule has 88 valence electrons. The number of nitrogens with zero attached hydrogens (tertiary/aromatic N) is 3. The molecule has 2 aromatic heterocycles. The minimum atomic E-state index is 0.311. The number of rotatable bonds is 4. The van der Waals surface area contributed by atoms with Crippen LogP contribution in [0.15, 0.2) is 30.5 Å². The first-order valence-corrected chi connectivity index (χ1v) is 5.66. The Hall–Kier alpha value is -1.68. The van der Waals surface area contributed by atoms with Gasteiger partial charge >= 0.3 is 6.01 Å². The van der Waals surface area contributed by atoms with Crippen LogP contribution in [-0.2, 0) is 6.42 Å². The summed E-state index contributed by atoms with van der Waals surface area (Å²) < 4.78 is 5.42. The van der Waals surface area contributed by atoms with Crippen LogP contribution in [0.25, 0.3) is 0 Å². The van der Waals surface area contributed by atoms with E-state index in [9.17, 15) is 0 Å². The van der Waals surface area contributed by atoms with Gasteiger partial charge in [-0.05, 0) is 25.1 Å². The molecule has 0 aromatic carbocycles. The topological polar surface area (TPSA) is 47.9 Å². The molecule has 0 aliphatic heterocycles. The van der Waals surface area contributed by atoms with Crippen molar-refractivity contribution >= 4 is 11.6 Å². The Morgan fingerprint density at radius 1 is 1.29 bits per heavy atom. The summed E-state index contributed by atoms with van der Waals surface area (Å²) >= 11 is 5.80. The highest BCUT2D eigenvalue weighted by Gasteiger charge is 2.02. The first-order chi connectivity index (χ1) is 8.24. The molecule has 0 fully saturated rings. The van der Waals surface area contributed by atoms with E-state index in [1.54, 1.807) is 12.3 Å². The average molecular weight is 250 g/mol. The Morgan fingerprint density at radius 2 is 2.18 bits per heavy atom. The van der Waals surface area contributed by atoms with Crippen LogP contribution in [0.5, 0.6) is 6.01 Å². The number of hydrogen-bond acceptors (Lipinski definition) is 4. The zero-order valence-electron chi connectivity index (χ0n) is 9.43. The van der Waals surface area contributed by atoms with Crippen LogP contribution in [0, 0.1) is 6.92 Å². The Morgan fingerprint density at radius 3 is 2.88 bits per heavy atom. The summed E-state index contributed by atoms with van der Waals surface area (Å²) in [4.78, 5) is 12.3. The molecule has 2 heterocycles. The van der Waals surface area contributed by atoms with E-state index in [1.165, 1.54) is 0 Å². The second-order valence-corrected chi connectivity index (χ2v) is 3.92. The van der Waals surface area contributed by atoms with Gasteiger partial charge in [0.1, 0.15) is 5.15 Å². The molecule has 0 spiro atoms. The second kappa shape index (κ2) is 5.59. The molecule has 0 bridgehead atoms. The van der Waals surface area contributed by atoms with Gasteiger partial charge in [-0.3, -0.25) is 4.98 Å². The zero-order valence-corrected chi connectivity index (χ0v) is 10.2. The first-order valence-electron chi connectivity index (χ1n) is 5.28. The standard InChI is InChI=1S/C12H12ClN3O/c1-9-8-11(13)16-12(15-9)17-7-5-10-4-2-3-6-14-10/h2-4,6,8H,5,7H2,1H3. The highest BCUT2D eigenvalue weighted by atomic mass is 35.5. The highest BCUT2D eigenvalue weighted by molar-refractivity contribution is 6.29. The number of ether oxygens (including phenoxy) is 1. The fourth-order valence-corrected chi connectivity index (χ4v) is 1.59. The van der Waals surface area contributed by atoms with Crippen molar-refractivity contribution in [1.29, 1.82) is 0 Å². The highest BCUT2D eigenvalue weighted by Crippen LogP contribution is 2.11. The quantitative estimate of drug-likeness (QED) is 0.781. The van der Waals surface area contributed by atoms with E-state index in [0.717, 1.165) is 17.8 Å². The maximum atomic E-state index is 5.80. The maximum Gasteiger partial charge on any atom is 0.318 e. The third-order valence-electron chi connectivity index (χ3n) is 2.12. The molecule has 0 N–H and O–H groups in total. The van der Waals surface area contributed by atoms with Crippen LogP contribution < -0.4 is 4.74 Å². The zero-order chi connectivity index (χ0) is 12.1. The molecule has 0 radical (unpaired) electrons. The fraction of sp³-hybridized carbons (Fsp3) is 0.250. The molecule has 0 aliphatic rings. The Kier molecular flexibility index (Phi) is 3.88. The second-order valence-electron chi connectivity index (χ2n) is 3.53. The van der Waals surface area contributed by atoms with Gasteiger partial charge < -0.3 is 4.74 Å². The van der Waals surface area contributed by atoms with Crippen molar-refractivity contribution in [3.8, 4) is 6.01 Å². The van der Waals surface area contributed by atoms with Crippen LogP contribution in [0.2, 0.25) is 5.15 Å². The van der Waals surface area contributed by atoms with E-state index in [2.05, 4.69) is 15.0 Å². The van der Waals surface area contributed by atoms with Crippen LogP contribution in [0.1, 0.15) is 11.4 Å². The SMILES string of the molecule is Cc1cc(Cl)nc(OCCc2ccccn2)n1. The van der Waals surface area contributed by atoms with Gasteiger partial charge in [0.15, 0.2) is 0 Å². The van der Waals surface area contributed by atoms with Gasteiger partial charge in [0, 0.05) is 24.0 Å². The van der Waals surface area contributed by atoms with Crippen molar-refractivity contribution < 1.29 is 4.74 Å². The summed E-state index contributed by atoms with van der Waals surface area (Å²) in [5, 5.41) is 0.394. The summed E-state index contributed by atoms with van der Waals surface area (Å²) in [7, 11) is 0. The molecular weight excluding hydrogens is 238 g/mol. The molecule has 0 saturated carbocycles. The lowest BCUT2D eigenvalue weighted by Gasteiger charge is -2.04. The van der Waals surface area contributed by atoms with Crippen molar-refractivity contribution in [3.05, 3.63) is 47.0 Å². The van der Waals surface area contributed by atoms with Crippen LogP contribution in [0.4, 0.5) is 0 Å². The van der Waals surface area contributed by atoms with E-state index >= 15 is 0 Å². The molecular formula is C12H12ClN3O. The van der Waals surface area contributed by atoms with E-state index in [-0.39, 0.29) is 0 Å². The summed E-state index contributed by atoms with van der Waals surface area (Å²) in [6.07, 6.45) is 2.48. The van der Waals surface area contributed by atoms with Crippen molar-refractivity contribution in [2.24, 2.45) is 0 Å². The predicted molar refractivity (Wildman–Crippen MR) is 65.2 cm³/mol. The lowest BCUT2D eigenvalue weighted by molar-refractivity contribution is 0.294. The number of pyridine rings is 1. The maximum absolute atomic E-state index is 5.80. The molecule has 5 heteroatoms. The van der Waals surface area contributed by atoms with Crippen LogP contribution in [-0.4, -0.2) is 21.6 Å². The van der Waals surface area contributed by atoms with E-state index in [4.69, 9.17) is 16.3 Å². The Labute approximate surface area is 105 Å². The molecule has 2 rings (SSSR count). The summed E-state index contributed by atoms with van der Waals surface area (Å²) in [6.45, 7) is 2.33. The van der Waals surface area contributed by atoms with Gasteiger partial charge in [0.05, 0.1) is 6.61 Å². The molecule has 0 unspecified atom stereocenters. The smallest absolute Gasteiger partial charge is 0.318 e. The van der Waals surface area contributed by atoms with Crippen LogP contribution >= 0.6 is 11.6 Å². The monoisotopic (exact) mass is 249 g/mol. The third-order valence-corrected chi connectivity index (χ3v) is 2.31. The fourth-order valence-electron chi connectivity index (χ4n) is 1.36. The molecule has 0 aliphatic carbocycles. The van der Waals surface area contributed by atoms with E-state index in [1.807, 2.05) is 25.1 Å². The van der Waals surface area contributed by atoms with Crippen molar-refractivity contribution in [2.45, 2.75) is 13.3 Å². The number of aryl methyl sites for hydroxylation is 1. The molecule has 0 saturated heterocycles.